The summed E-state index contributed by atoms with van der Waals surface area (Å²) >= 11 is 1.94. The first-order valence-electron chi connectivity index (χ1n) is 6.82. The van der Waals surface area contributed by atoms with Crippen molar-refractivity contribution in [3.63, 3.8) is 0 Å². The minimum Gasteiger partial charge on any atom is -0.396 e. The number of thioether (sulfide) groups is 1. The highest BCUT2D eigenvalue weighted by atomic mass is 32.2. The van der Waals surface area contributed by atoms with Gasteiger partial charge in [0.1, 0.15) is 0 Å². The molecule has 0 unspecified atom stereocenters. The largest absolute Gasteiger partial charge is 0.396 e. The highest BCUT2D eigenvalue weighted by Gasteiger charge is 2.24. The van der Waals surface area contributed by atoms with Crippen molar-refractivity contribution in [3.8, 4) is 0 Å². The summed E-state index contributed by atoms with van der Waals surface area (Å²) in [6.07, 6.45) is 2.38. The lowest BCUT2D eigenvalue weighted by Gasteiger charge is -2.24. The Bertz CT molecular complexity index is 344. The van der Waals surface area contributed by atoms with Crippen molar-refractivity contribution >= 4 is 11.8 Å². The summed E-state index contributed by atoms with van der Waals surface area (Å²) in [5.41, 5.74) is 0. The van der Waals surface area contributed by atoms with Crippen LogP contribution in [0.15, 0.2) is 35.2 Å². The third-order valence-electron chi connectivity index (χ3n) is 3.75. The number of hydrogen-bond acceptors (Lipinski definition) is 3. The third kappa shape index (κ3) is 4.01. The lowest BCUT2D eigenvalue weighted by Crippen LogP contribution is -2.31. The van der Waals surface area contributed by atoms with E-state index in [9.17, 15) is 0 Å². The lowest BCUT2D eigenvalue weighted by atomic mass is 10.1. The molecule has 2 rings (SSSR count). The van der Waals surface area contributed by atoms with Gasteiger partial charge in [-0.2, -0.15) is 0 Å². The van der Waals surface area contributed by atoms with Gasteiger partial charge < -0.3 is 10.0 Å². The molecule has 0 saturated carbocycles. The van der Waals surface area contributed by atoms with Crippen LogP contribution in [-0.2, 0) is 0 Å². The third-order valence-corrected chi connectivity index (χ3v) is 4.79. The van der Waals surface area contributed by atoms with E-state index in [-0.39, 0.29) is 0 Å². The minimum absolute atomic E-state index is 0.349. The maximum Gasteiger partial charge on any atom is 0.0471 e. The monoisotopic (exact) mass is 265 g/mol. The molecule has 1 N–H and O–H groups in total. The fourth-order valence-electron chi connectivity index (χ4n) is 2.46. The molecule has 2 nitrogen and oxygen atoms in total. The maximum absolute atomic E-state index is 9.16. The van der Waals surface area contributed by atoms with Gasteiger partial charge in [0.2, 0.25) is 0 Å². The van der Waals surface area contributed by atoms with E-state index in [0.29, 0.717) is 18.6 Å². The SMILES string of the molecule is C[C@@H](CCSc1ccccc1)N1CC[C@@H](CO)C1. The Morgan fingerprint density at radius 1 is 1.39 bits per heavy atom. The van der Waals surface area contributed by atoms with E-state index in [2.05, 4.69) is 42.2 Å². The van der Waals surface area contributed by atoms with Crippen molar-refractivity contribution in [2.45, 2.75) is 30.7 Å². The molecular formula is C15H23NOS. The van der Waals surface area contributed by atoms with Crippen LogP contribution in [0.2, 0.25) is 0 Å². The zero-order chi connectivity index (χ0) is 12.8. The first-order chi connectivity index (χ1) is 8.79. The number of aliphatic hydroxyl groups excluding tert-OH is 1. The van der Waals surface area contributed by atoms with Gasteiger partial charge in [-0.1, -0.05) is 18.2 Å². The van der Waals surface area contributed by atoms with Crippen LogP contribution in [0.5, 0.6) is 0 Å². The Morgan fingerprint density at radius 3 is 2.83 bits per heavy atom. The Kier molecular flexibility index (Phi) is 5.54. The lowest BCUT2D eigenvalue weighted by molar-refractivity contribution is 0.202. The smallest absolute Gasteiger partial charge is 0.0471 e. The molecule has 0 amide bonds. The second-order valence-corrected chi connectivity index (χ2v) is 6.30. The minimum atomic E-state index is 0.349. The highest BCUT2D eigenvalue weighted by Crippen LogP contribution is 2.23. The van der Waals surface area contributed by atoms with Gasteiger partial charge in [0.05, 0.1) is 0 Å². The van der Waals surface area contributed by atoms with E-state index in [1.54, 1.807) is 0 Å². The van der Waals surface area contributed by atoms with Crippen LogP contribution in [0.25, 0.3) is 0 Å². The van der Waals surface area contributed by atoms with Crippen molar-refractivity contribution in [1.82, 2.24) is 4.90 Å². The number of rotatable bonds is 6. The van der Waals surface area contributed by atoms with Crippen molar-refractivity contribution in [3.05, 3.63) is 30.3 Å². The van der Waals surface area contributed by atoms with Crippen LogP contribution in [0.1, 0.15) is 19.8 Å². The summed E-state index contributed by atoms with van der Waals surface area (Å²) in [5, 5.41) is 9.16. The first-order valence-corrected chi connectivity index (χ1v) is 7.81. The molecule has 0 radical (unpaired) electrons. The molecule has 1 aromatic carbocycles. The van der Waals surface area contributed by atoms with Gasteiger partial charge in [0.15, 0.2) is 0 Å². The van der Waals surface area contributed by atoms with E-state index in [4.69, 9.17) is 5.11 Å². The van der Waals surface area contributed by atoms with Crippen molar-refractivity contribution < 1.29 is 5.11 Å². The van der Waals surface area contributed by atoms with Crippen LogP contribution in [0, 0.1) is 5.92 Å². The van der Waals surface area contributed by atoms with Crippen LogP contribution in [0.3, 0.4) is 0 Å². The van der Waals surface area contributed by atoms with Gasteiger partial charge in [-0.3, -0.25) is 0 Å². The van der Waals surface area contributed by atoms with Gasteiger partial charge in [0.25, 0.3) is 0 Å². The number of nitrogens with zero attached hydrogens (tertiary/aromatic N) is 1. The highest BCUT2D eigenvalue weighted by molar-refractivity contribution is 7.99. The zero-order valence-electron chi connectivity index (χ0n) is 11.1. The summed E-state index contributed by atoms with van der Waals surface area (Å²) in [7, 11) is 0. The van der Waals surface area contributed by atoms with Crippen molar-refractivity contribution in [1.29, 1.82) is 0 Å². The number of likely N-dealkylation sites (tertiary alicyclic amines) is 1. The number of aliphatic hydroxyl groups is 1. The van der Waals surface area contributed by atoms with Crippen LogP contribution < -0.4 is 0 Å². The van der Waals surface area contributed by atoms with Gasteiger partial charge in [-0.15, -0.1) is 11.8 Å². The molecule has 18 heavy (non-hydrogen) atoms. The Labute approximate surface area is 114 Å². The molecule has 1 saturated heterocycles. The average Bonchev–Trinajstić information content (AvgIpc) is 2.89. The van der Waals surface area contributed by atoms with Crippen LogP contribution in [-0.4, -0.2) is 41.5 Å². The molecule has 1 heterocycles. The predicted molar refractivity (Wildman–Crippen MR) is 78.0 cm³/mol. The van der Waals surface area contributed by atoms with Crippen molar-refractivity contribution in [2.24, 2.45) is 5.92 Å². The molecule has 1 aliphatic heterocycles. The summed E-state index contributed by atoms with van der Waals surface area (Å²) in [5.74, 6) is 1.68. The average molecular weight is 265 g/mol. The Balaban J connectivity index is 1.68. The zero-order valence-corrected chi connectivity index (χ0v) is 11.9. The van der Waals surface area contributed by atoms with E-state index in [1.165, 1.54) is 17.1 Å². The van der Waals surface area contributed by atoms with E-state index in [0.717, 1.165) is 19.5 Å². The Hall–Kier alpha value is -0.510. The summed E-state index contributed by atoms with van der Waals surface area (Å²) in [4.78, 5) is 3.88. The van der Waals surface area contributed by atoms with E-state index < -0.39 is 0 Å². The molecule has 1 aromatic rings. The standard InChI is InChI=1S/C15H23NOS/c1-13(16-9-7-14(11-16)12-17)8-10-18-15-5-3-2-4-6-15/h2-6,13-14,17H,7-12H2,1H3/t13-,14+/m0/s1. The van der Waals surface area contributed by atoms with Gasteiger partial charge >= 0.3 is 0 Å². The molecular weight excluding hydrogens is 242 g/mol. The van der Waals surface area contributed by atoms with Crippen LogP contribution >= 0.6 is 11.8 Å². The second-order valence-electron chi connectivity index (χ2n) is 5.13. The summed E-state index contributed by atoms with van der Waals surface area (Å²) < 4.78 is 0. The van der Waals surface area contributed by atoms with E-state index in [1.807, 2.05) is 11.8 Å². The molecule has 0 spiro atoms. The van der Waals surface area contributed by atoms with Crippen molar-refractivity contribution in [2.75, 3.05) is 25.4 Å². The van der Waals surface area contributed by atoms with Gasteiger partial charge in [-0.05, 0) is 50.1 Å². The number of benzene rings is 1. The first kappa shape index (κ1) is 13.9. The molecule has 100 valence electrons. The quantitative estimate of drug-likeness (QED) is 0.800. The fourth-order valence-corrected chi connectivity index (χ4v) is 3.50. The van der Waals surface area contributed by atoms with Gasteiger partial charge in [0, 0.05) is 24.1 Å². The summed E-state index contributed by atoms with van der Waals surface area (Å²) in [6.45, 7) is 4.89. The fraction of sp³-hybridized carbons (Fsp3) is 0.600. The normalized spacial score (nSPS) is 22.2. The maximum atomic E-state index is 9.16. The van der Waals surface area contributed by atoms with E-state index >= 15 is 0 Å². The molecule has 1 aliphatic rings. The topological polar surface area (TPSA) is 23.5 Å². The van der Waals surface area contributed by atoms with Crippen LogP contribution in [0.4, 0.5) is 0 Å². The molecule has 0 aliphatic carbocycles. The Morgan fingerprint density at radius 2 is 2.17 bits per heavy atom. The molecule has 0 aromatic heterocycles. The predicted octanol–water partition coefficient (Wildman–Crippen LogP) is 2.87. The second kappa shape index (κ2) is 7.17. The molecule has 1 fully saturated rings. The summed E-state index contributed by atoms with van der Waals surface area (Å²) in [6, 6.07) is 11.2. The molecule has 3 heteroatoms. The molecule has 2 atom stereocenters. The molecule has 0 bridgehead atoms. The number of hydrogen-bond donors (Lipinski definition) is 1. The van der Waals surface area contributed by atoms with Gasteiger partial charge in [-0.25, -0.2) is 0 Å².